The molecule has 0 saturated carbocycles. The lowest BCUT2D eigenvalue weighted by molar-refractivity contribution is -0.140. The topological polar surface area (TPSA) is 322 Å². The Morgan fingerprint density at radius 3 is 1.53 bits per heavy atom. The molecule has 55 heavy (non-hydrogen) atoms. The zero-order chi connectivity index (χ0) is 41.2. The van der Waals surface area contributed by atoms with Gasteiger partial charge in [-0.25, -0.2) is 0 Å². The number of nitrogens with two attached hydrogens (primary N) is 2. The standard InChI is InChI=1S/C31H57N11O11S2/c1-34-15-24(43)37-22(3-2-4-32)31(53)36-16-25(44)38-23(30(33)52)21-55-54-14-5-35-26(45)17-39-6-8-40(18-27(46)47)10-12-42(20-29(50)51)13-11-41(9-7-39)19-28(48)49/h22-23,34H,2-21,32H2,1H3,(H2,33,52)(H,35,45)(H,36,53)(H,37,43)(H,38,44)(H,46,47)(H,48,49)(H,50,51). The number of aliphatic carboxylic acids is 3. The van der Waals surface area contributed by atoms with Crippen LogP contribution in [0, 0.1) is 0 Å². The van der Waals surface area contributed by atoms with Gasteiger partial charge in [0.15, 0.2) is 0 Å². The second-order valence-corrected chi connectivity index (χ2v) is 15.2. The maximum Gasteiger partial charge on any atom is 0.317 e. The summed E-state index contributed by atoms with van der Waals surface area (Å²) in [5.74, 6) is -5.34. The molecular formula is C31H57N11O11S2. The van der Waals surface area contributed by atoms with Crippen molar-refractivity contribution in [2.75, 3.05) is 123 Å². The second-order valence-electron chi connectivity index (χ2n) is 12.6. The molecule has 1 aliphatic rings. The number of carboxylic acid groups (broad SMARTS) is 3. The van der Waals surface area contributed by atoms with E-state index in [-0.39, 0.29) is 96.6 Å². The average Bonchev–Trinajstić information content (AvgIpc) is 3.10. The van der Waals surface area contributed by atoms with Gasteiger partial charge in [0.05, 0.1) is 39.3 Å². The normalized spacial score (nSPS) is 16.4. The Bertz CT molecular complexity index is 1240. The predicted molar refractivity (Wildman–Crippen MR) is 205 cm³/mol. The summed E-state index contributed by atoms with van der Waals surface area (Å²) in [7, 11) is 4.14. The summed E-state index contributed by atoms with van der Waals surface area (Å²) in [5, 5.41) is 41.1. The number of carbonyl (C=O) groups excluding carboxylic acids is 5. The van der Waals surface area contributed by atoms with Gasteiger partial charge < -0.3 is 53.4 Å². The van der Waals surface area contributed by atoms with Crippen LogP contribution in [0.5, 0.6) is 0 Å². The third-order valence-electron chi connectivity index (χ3n) is 7.99. The fraction of sp³-hybridized carbons (Fsp3) is 0.742. The fourth-order valence-corrected chi connectivity index (χ4v) is 7.26. The minimum atomic E-state index is -1.05. The van der Waals surface area contributed by atoms with E-state index in [0.717, 1.165) is 0 Å². The molecule has 1 saturated heterocycles. The van der Waals surface area contributed by atoms with Crippen LogP contribution in [0.2, 0.25) is 0 Å². The average molecular weight is 824 g/mol. The van der Waals surface area contributed by atoms with E-state index in [1.807, 2.05) is 0 Å². The molecule has 1 heterocycles. The molecule has 0 aromatic heterocycles. The van der Waals surface area contributed by atoms with Crippen molar-refractivity contribution in [2.24, 2.45) is 11.5 Å². The van der Waals surface area contributed by atoms with Gasteiger partial charge in [0.2, 0.25) is 29.5 Å². The lowest BCUT2D eigenvalue weighted by Crippen LogP contribution is -2.52. The first kappa shape index (κ1) is 49.2. The Hall–Kier alpha value is -3.78. The third kappa shape index (κ3) is 24.4. The van der Waals surface area contributed by atoms with Gasteiger partial charge in [-0.15, -0.1) is 0 Å². The maximum absolute atomic E-state index is 12.9. The van der Waals surface area contributed by atoms with Gasteiger partial charge in [-0.2, -0.15) is 0 Å². The summed E-state index contributed by atoms with van der Waals surface area (Å²) in [6, 6.07) is -1.94. The first-order valence-corrected chi connectivity index (χ1v) is 20.2. The lowest BCUT2D eigenvalue weighted by atomic mass is 10.1. The number of likely N-dealkylation sites (N-methyl/N-ethyl adjacent to an activating group) is 1. The predicted octanol–water partition coefficient (Wildman–Crippen LogP) is -5.51. The van der Waals surface area contributed by atoms with Crippen molar-refractivity contribution >= 4 is 69.0 Å². The minimum absolute atomic E-state index is 0.00101. The minimum Gasteiger partial charge on any atom is -0.480 e. The van der Waals surface area contributed by atoms with Crippen molar-refractivity contribution in [1.29, 1.82) is 0 Å². The molecular weight excluding hydrogens is 767 g/mol. The maximum atomic E-state index is 12.9. The first-order chi connectivity index (χ1) is 26.1. The molecule has 0 aromatic carbocycles. The van der Waals surface area contributed by atoms with Crippen LogP contribution in [0.4, 0.5) is 0 Å². The van der Waals surface area contributed by atoms with Crippen LogP contribution >= 0.6 is 21.6 Å². The van der Waals surface area contributed by atoms with Crippen LogP contribution in [-0.2, 0) is 38.4 Å². The number of carbonyl (C=O) groups is 8. The number of primary amides is 1. The van der Waals surface area contributed by atoms with E-state index in [0.29, 0.717) is 31.8 Å². The number of amides is 5. The molecule has 0 bridgehead atoms. The van der Waals surface area contributed by atoms with Gasteiger partial charge in [-0.1, -0.05) is 21.6 Å². The number of rotatable bonds is 25. The zero-order valence-corrected chi connectivity index (χ0v) is 32.8. The number of nitrogens with zero attached hydrogens (tertiary/aromatic N) is 4. The Morgan fingerprint density at radius 1 is 0.636 bits per heavy atom. The van der Waals surface area contributed by atoms with Gasteiger partial charge >= 0.3 is 17.9 Å². The van der Waals surface area contributed by atoms with E-state index in [1.54, 1.807) is 26.6 Å². The van der Waals surface area contributed by atoms with E-state index in [9.17, 15) is 53.7 Å². The highest BCUT2D eigenvalue weighted by molar-refractivity contribution is 8.76. The molecule has 0 spiro atoms. The Labute approximate surface area is 327 Å². The lowest BCUT2D eigenvalue weighted by Gasteiger charge is -2.32. The monoisotopic (exact) mass is 823 g/mol. The Kier molecular flexibility index (Phi) is 25.6. The molecule has 24 heteroatoms. The molecule has 22 nitrogen and oxygen atoms in total. The van der Waals surface area contributed by atoms with Crippen LogP contribution in [0.15, 0.2) is 0 Å². The highest BCUT2D eigenvalue weighted by atomic mass is 33.1. The number of hydrogen-bond donors (Lipinski definition) is 10. The number of nitrogens with one attached hydrogen (secondary N) is 5. The van der Waals surface area contributed by atoms with Crippen molar-refractivity contribution in [3.05, 3.63) is 0 Å². The Balaban J connectivity index is 2.62. The van der Waals surface area contributed by atoms with Crippen molar-refractivity contribution in [2.45, 2.75) is 24.9 Å². The molecule has 2 unspecified atom stereocenters. The molecule has 0 aromatic rings. The summed E-state index contributed by atoms with van der Waals surface area (Å²) >= 11 is 0. The van der Waals surface area contributed by atoms with Gasteiger partial charge in [-0.3, -0.25) is 58.0 Å². The van der Waals surface area contributed by atoms with Crippen molar-refractivity contribution in [1.82, 2.24) is 46.2 Å². The van der Waals surface area contributed by atoms with Crippen molar-refractivity contribution < 1.29 is 53.7 Å². The molecule has 1 rings (SSSR count). The highest BCUT2D eigenvalue weighted by Crippen LogP contribution is 2.21. The molecule has 2 atom stereocenters. The molecule has 0 radical (unpaired) electrons. The quantitative estimate of drug-likeness (QED) is 0.0303. The van der Waals surface area contributed by atoms with E-state index in [1.165, 1.54) is 21.6 Å². The summed E-state index contributed by atoms with van der Waals surface area (Å²) in [6.45, 7) is 1.47. The van der Waals surface area contributed by atoms with E-state index in [2.05, 4.69) is 26.6 Å². The van der Waals surface area contributed by atoms with E-state index >= 15 is 0 Å². The van der Waals surface area contributed by atoms with Crippen LogP contribution in [0.3, 0.4) is 0 Å². The second kappa shape index (κ2) is 28.6. The van der Waals surface area contributed by atoms with Crippen molar-refractivity contribution in [3.63, 3.8) is 0 Å². The van der Waals surface area contributed by atoms with Crippen molar-refractivity contribution in [3.8, 4) is 0 Å². The molecule has 5 amide bonds. The highest BCUT2D eigenvalue weighted by Gasteiger charge is 2.24. The van der Waals surface area contributed by atoms with Gasteiger partial charge in [-0.05, 0) is 26.4 Å². The molecule has 12 N–H and O–H groups in total. The van der Waals surface area contributed by atoms with E-state index in [4.69, 9.17) is 11.5 Å². The zero-order valence-electron chi connectivity index (χ0n) is 31.2. The van der Waals surface area contributed by atoms with Gasteiger partial charge in [0, 0.05) is 70.4 Å². The first-order valence-electron chi connectivity index (χ1n) is 17.7. The SMILES string of the molecule is CNCC(=O)NC(CCCN)C(=O)NCC(=O)NC(CSSCCNC(=O)CN1CCN(CC(=O)O)CCN(CC(=O)O)CCN(CC(=O)O)CC1)C(N)=O. The smallest absolute Gasteiger partial charge is 0.317 e. The van der Waals surface area contributed by atoms with Crippen LogP contribution < -0.4 is 38.1 Å². The van der Waals surface area contributed by atoms with Gasteiger partial charge in [0.1, 0.15) is 12.1 Å². The van der Waals surface area contributed by atoms with Crippen LogP contribution in [0.1, 0.15) is 12.8 Å². The number of carboxylic acids is 3. The van der Waals surface area contributed by atoms with Gasteiger partial charge in [0.25, 0.3) is 0 Å². The van der Waals surface area contributed by atoms with Crippen LogP contribution in [-0.4, -0.2) is 218 Å². The fourth-order valence-electron chi connectivity index (χ4n) is 5.18. The summed E-state index contributed by atoms with van der Waals surface area (Å²) in [6.07, 6.45) is 0.739. The third-order valence-corrected chi connectivity index (χ3v) is 10.4. The molecule has 1 fully saturated rings. The Morgan fingerprint density at radius 2 is 1.09 bits per heavy atom. The van der Waals surface area contributed by atoms with Crippen LogP contribution in [0.25, 0.3) is 0 Å². The summed E-state index contributed by atoms with van der Waals surface area (Å²) < 4.78 is 0. The summed E-state index contributed by atoms with van der Waals surface area (Å²) in [5.41, 5.74) is 11.0. The largest absolute Gasteiger partial charge is 0.480 e. The molecule has 0 aliphatic carbocycles. The summed E-state index contributed by atoms with van der Waals surface area (Å²) in [4.78, 5) is 103. The number of hydrogen-bond acceptors (Lipinski definition) is 16. The molecule has 314 valence electrons. The molecule has 1 aliphatic heterocycles. The van der Waals surface area contributed by atoms with E-state index < -0.39 is 60.2 Å².